The van der Waals surface area contributed by atoms with E-state index < -0.39 is 0 Å². The Morgan fingerprint density at radius 2 is 1.95 bits per heavy atom. The lowest BCUT2D eigenvalue weighted by atomic mass is 10.1. The van der Waals surface area contributed by atoms with E-state index >= 15 is 0 Å². The number of halogens is 2. The highest BCUT2D eigenvalue weighted by Crippen LogP contribution is 2.27. The standard InChI is InChI=1S/C16H20Cl2N2O/c1-12(2)15-14(11-17)16(18)20(19-15)9-6-10-21-13-7-4-3-5-8-13/h3-5,7-8,12H,6,9-11H2,1-2H3. The fourth-order valence-electron chi connectivity index (χ4n) is 2.15. The molecule has 0 aliphatic carbocycles. The molecule has 0 radical (unpaired) electrons. The van der Waals surface area contributed by atoms with Crippen molar-refractivity contribution in [3.8, 4) is 5.75 Å². The Hall–Kier alpha value is -1.19. The number of rotatable bonds is 7. The Labute approximate surface area is 135 Å². The second-order valence-electron chi connectivity index (χ2n) is 5.18. The maximum Gasteiger partial charge on any atom is 0.131 e. The second kappa shape index (κ2) is 7.71. The maximum absolute atomic E-state index is 6.34. The molecule has 2 aromatic rings. The van der Waals surface area contributed by atoms with Crippen LogP contribution in [-0.2, 0) is 12.4 Å². The van der Waals surface area contributed by atoms with E-state index in [9.17, 15) is 0 Å². The number of nitrogens with zero attached hydrogens (tertiary/aromatic N) is 2. The fraction of sp³-hybridized carbons (Fsp3) is 0.438. The summed E-state index contributed by atoms with van der Waals surface area (Å²) < 4.78 is 7.49. The van der Waals surface area contributed by atoms with Crippen LogP contribution in [0.25, 0.3) is 0 Å². The Morgan fingerprint density at radius 3 is 2.52 bits per heavy atom. The Balaban J connectivity index is 1.91. The van der Waals surface area contributed by atoms with Crippen LogP contribution in [0.15, 0.2) is 30.3 Å². The predicted molar refractivity (Wildman–Crippen MR) is 87.4 cm³/mol. The highest BCUT2D eigenvalue weighted by molar-refractivity contribution is 6.31. The van der Waals surface area contributed by atoms with Gasteiger partial charge < -0.3 is 4.74 Å². The van der Waals surface area contributed by atoms with Gasteiger partial charge in [-0.05, 0) is 18.1 Å². The van der Waals surface area contributed by atoms with E-state index in [1.165, 1.54) is 0 Å². The largest absolute Gasteiger partial charge is 0.494 e. The molecular weight excluding hydrogens is 307 g/mol. The second-order valence-corrected chi connectivity index (χ2v) is 5.81. The first kappa shape index (κ1) is 16.2. The summed E-state index contributed by atoms with van der Waals surface area (Å²) >= 11 is 12.3. The zero-order chi connectivity index (χ0) is 15.2. The molecule has 3 nitrogen and oxygen atoms in total. The number of hydrogen-bond acceptors (Lipinski definition) is 2. The van der Waals surface area contributed by atoms with Gasteiger partial charge in [-0.2, -0.15) is 5.10 Å². The number of benzene rings is 1. The van der Waals surface area contributed by atoms with E-state index in [4.69, 9.17) is 27.9 Å². The third kappa shape index (κ3) is 4.14. The quantitative estimate of drug-likeness (QED) is 0.536. The molecule has 21 heavy (non-hydrogen) atoms. The lowest BCUT2D eigenvalue weighted by molar-refractivity contribution is 0.298. The Bertz CT molecular complexity index is 567. The normalized spacial score (nSPS) is 11.1. The van der Waals surface area contributed by atoms with Crippen molar-refractivity contribution in [1.29, 1.82) is 0 Å². The van der Waals surface area contributed by atoms with Gasteiger partial charge in [-0.3, -0.25) is 4.68 Å². The minimum Gasteiger partial charge on any atom is -0.494 e. The molecule has 0 N–H and O–H groups in total. The van der Waals surface area contributed by atoms with Gasteiger partial charge in [-0.25, -0.2) is 0 Å². The monoisotopic (exact) mass is 326 g/mol. The number of hydrogen-bond donors (Lipinski definition) is 0. The van der Waals surface area contributed by atoms with E-state index in [0.29, 0.717) is 23.6 Å². The highest BCUT2D eigenvalue weighted by atomic mass is 35.5. The van der Waals surface area contributed by atoms with Gasteiger partial charge in [0.2, 0.25) is 0 Å². The van der Waals surface area contributed by atoms with E-state index in [0.717, 1.165) is 30.0 Å². The van der Waals surface area contributed by atoms with Crippen LogP contribution in [0.1, 0.15) is 37.4 Å². The highest BCUT2D eigenvalue weighted by Gasteiger charge is 2.17. The van der Waals surface area contributed by atoms with E-state index in [-0.39, 0.29) is 0 Å². The summed E-state index contributed by atoms with van der Waals surface area (Å²) in [6.45, 7) is 5.55. The number of alkyl halides is 1. The minimum absolute atomic E-state index is 0.318. The zero-order valence-electron chi connectivity index (χ0n) is 12.4. The average molecular weight is 327 g/mol. The molecule has 5 heteroatoms. The SMILES string of the molecule is CC(C)c1nn(CCCOc2ccccc2)c(Cl)c1CCl. The zero-order valence-corrected chi connectivity index (χ0v) is 13.9. The summed E-state index contributed by atoms with van der Waals surface area (Å²) in [6, 6.07) is 9.78. The van der Waals surface area contributed by atoms with Gasteiger partial charge in [-0.1, -0.05) is 43.6 Å². The van der Waals surface area contributed by atoms with Crippen molar-refractivity contribution in [1.82, 2.24) is 9.78 Å². The third-order valence-corrected chi connectivity index (χ3v) is 3.91. The molecule has 0 spiro atoms. The van der Waals surface area contributed by atoms with Crippen LogP contribution in [-0.4, -0.2) is 16.4 Å². The van der Waals surface area contributed by atoms with Gasteiger partial charge in [0.25, 0.3) is 0 Å². The molecule has 0 unspecified atom stereocenters. The summed E-state index contributed by atoms with van der Waals surface area (Å²) in [7, 11) is 0. The van der Waals surface area contributed by atoms with E-state index in [1.807, 2.05) is 35.0 Å². The molecule has 0 saturated heterocycles. The summed E-state index contributed by atoms with van der Waals surface area (Å²) in [4.78, 5) is 0. The van der Waals surface area contributed by atoms with Crippen LogP contribution < -0.4 is 4.74 Å². The molecule has 0 aliphatic rings. The van der Waals surface area contributed by atoms with E-state index in [1.54, 1.807) is 0 Å². The van der Waals surface area contributed by atoms with Crippen LogP contribution in [0.2, 0.25) is 5.15 Å². The van der Waals surface area contributed by atoms with Crippen molar-refractivity contribution in [2.75, 3.05) is 6.61 Å². The third-order valence-electron chi connectivity index (χ3n) is 3.22. The fourth-order valence-corrected chi connectivity index (χ4v) is 2.77. The molecule has 0 atom stereocenters. The smallest absolute Gasteiger partial charge is 0.131 e. The molecule has 0 bridgehead atoms. The van der Waals surface area contributed by atoms with Gasteiger partial charge in [-0.15, -0.1) is 11.6 Å². The number of ether oxygens (including phenoxy) is 1. The summed E-state index contributed by atoms with van der Waals surface area (Å²) in [5.74, 6) is 1.60. The molecule has 0 fully saturated rings. The average Bonchev–Trinajstić information content (AvgIpc) is 2.81. The molecule has 0 aliphatic heterocycles. The summed E-state index contributed by atoms with van der Waals surface area (Å²) in [5.41, 5.74) is 1.93. The van der Waals surface area contributed by atoms with Crippen molar-refractivity contribution in [2.24, 2.45) is 0 Å². The van der Waals surface area contributed by atoms with Crippen LogP contribution in [0.3, 0.4) is 0 Å². The van der Waals surface area contributed by atoms with E-state index in [2.05, 4.69) is 18.9 Å². The van der Waals surface area contributed by atoms with Gasteiger partial charge in [0.15, 0.2) is 0 Å². The first-order valence-corrected chi connectivity index (χ1v) is 8.03. The molecule has 1 heterocycles. The molecular formula is C16H20Cl2N2O. The van der Waals surface area contributed by atoms with Crippen LogP contribution in [0.5, 0.6) is 5.75 Å². The predicted octanol–water partition coefficient (Wildman–Crippen LogP) is 4.87. The minimum atomic E-state index is 0.318. The molecule has 1 aromatic carbocycles. The van der Waals surface area contributed by atoms with Gasteiger partial charge in [0.05, 0.1) is 18.2 Å². The first-order chi connectivity index (χ1) is 10.1. The molecule has 2 rings (SSSR count). The van der Waals surface area contributed by atoms with Crippen LogP contribution in [0, 0.1) is 0 Å². The summed E-state index contributed by atoms with van der Waals surface area (Å²) in [5, 5.41) is 5.22. The Kier molecular flexibility index (Phi) is 5.95. The lowest BCUT2D eigenvalue weighted by Crippen LogP contribution is -2.06. The van der Waals surface area contributed by atoms with Crippen molar-refractivity contribution in [3.05, 3.63) is 46.7 Å². The number of aryl methyl sites for hydroxylation is 1. The molecule has 0 saturated carbocycles. The van der Waals surface area contributed by atoms with Gasteiger partial charge in [0.1, 0.15) is 10.9 Å². The molecule has 0 amide bonds. The lowest BCUT2D eigenvalue weighted by Gasteiger charge is -2.06. The molecule has 114 valence electrons. The van der Waals surface area contributed by atoms with Gasteiger partial charge >= 0.3 is 0 Å². The topological polar surface area (TPSA) is 27.1 Å². The maximum atomic E-state index is 6.34. The summed E-state index contributed by atoms with van der Waals surface area (Å²) in [6.07, 6.45) is 0.843. The van der Waals surface area contributed by atoms with Crippen molar-refractivity contribution >= 4 is 23.2 Å². The van der Waals surface area contributed by atoms with Crippen LogP contribution >= 0.6 is 23.2 Å². The molecule has 1 aromatic heterocycles. The van der Waals surface area contributed by atoms with Crippen molar-refractivity contribution in [3.63, 3.8) is 0 Å². The van der Waals surface area contributed by atoms with Crippen LogP contribution in [0.4, 0.5) is 0 Å². The van der Waals surface area contributed by atoms with Gasteiger partial charge in [0, 0.05) is 18.5 Å². The number of aromatic nitrogens is 2. The van der Waals surface area contributed by atoms with Crippen molar-refractivity contribution in [2.45, 2.75) is 38.6 Å². The van der Waals surface area contributed by atoms with Crippen molar-refractivity contribution < 1.29 is 4.74 Å². The number of para-hydroxylation sites is 1. The first-order valence-electron chi connectivity index (χ1n) is 7.12. The Morgan fingerprint density at radius 1 is 1.24 bits per heavy atom.